The second-order valence-corrected chi connectivity index (χ2v) is 8.10. The topological polar surface area (TPSA) is 109 Å². The molecule has 0 amide bonds. The highest BCUT2D eigenvalue weighted by Crippen LogP contribution is 2.16. The van der Waals surface area contributed by atoms with Gasteiger partial charge in [0.05, 0.1) is 10.6 Å². The molecule has 0 bridgehead atoms. The van der Waals surface area contributed by atoms with Gasteiger partial charge in [0.25, 0.3) is 10.0 Å². The minimum atomic E-state index is -3.89. The molecule has 0 fully saturated rings. The first kappa shape index (κ1) is 19.7. The minimum absolute atomic E-state index is 0.00347. The molecule has 0 aliphatic carbocycles. The van der Waals surface area contributed by atoms with Gasteiger partial charge >= 0.3 is 5.63 Å². The van der Waals surface area contributed by atoms with Crippen LogP contribution < -0.4 is 10.5 Å². The Kier molecular flexibility index (Phi) is 5.86. The summed E-state index contributed by atoms with van der Waals surface area (Å²) in [6, 6.07) is 7.78. The van der Waals surface area contributed by atoms with Crippen molar-refractivity contribution in [2.75, 3.05) is 0 Å². The van der Waals surface area contributed by atoms with Crippen molar-refractivity contribution in [3.8, 4) is 5.75 Å². The molecule has 0 radical (unpaired) electrons. The number of nitrogens with zero attached hydrogens (tertiary/aromatic N) is 1. The van der Waals surface area contributed by atoms with Crippen LogP contribution in [0.2, 0.25) is 0 Å². The first-order valence-corrected chi connectivity index (χ1v) is 9.57. The molecule has 2 N–H and O–H groups in total. The lowest BCUT2D eigenvalue weighted by Crippen LogP contribution is -2.22. The summed E-state index contributed by atoms with van der Waals surface area (Å²) in [5.74, 6) is 0.389. The van der Waals surface area contributed by atoms with Crippen molar-refractivity contribution in [2.24, 2.45) is 11.0 Å². The first-order chi connectivity index (χ1) is 12.1. The van der Waals surface area contributed by atoms with Crippen LogP contribution in [0.3, 0.4) is 0 Å². The van der Waals surface area contributed by atoms with Crippen LogP contribution in [0.15, 0.2) is 49.5 Å². The van der Waals surface area contributed by atoms with Crippen molar-refractivity contribution in [1.82, 2.24) is 4.83 Å². The molecule has 1 aromatic carbocycles. The molecule has 8 heteroatoms. The number of hydrazone groups is 1. The van der Waals surface area contributed by atoms with E-state index >= 15 is 0 Å². The van der Waals surface area contributed by atoms with Gasteiger partial charge in [0.2, 0.25) is 0 Å². The maximum atomic E-state index is 12.3. The number of benzene rings is 1. The van der Waals surface area contributed by atoms with E-state index < -0.39 is 15.6 Å². The minimum Gasteiger partial charge on any atom is -0.507 e. The maximum Gasteiger partial charge on any atom is 0.348 e. The highest BCUT2D eigenvalue weighted by atomic mass is 32.2. The van der Waals surface area contributed by atoms with Crippen LogP contribution in [0.1, 0.15) is 37.7 Å². The molecule has 0 spiro atoms. The van der Waals surface area contributed by atoms with E-state index in [1.54, 1.807) is 12.1 Å². The lowest BCUT2D eigenvalue weighted by Gasteiger charge is -2.08. The third-order valence-electron chi connectivity index (χ3n) is 3.63. The number of sulfonamides is 1. The first-order valence-electron chi connectivity index (χ1n) is 8.09. The van der Waals surface area contributed by atoms with Gasteiger partial charge in [0.1, 0.15) is 17.1 Å². The predicted octanol–water partition coefficient (Wildman–Crippen LogP) is 2.55. The second kappa shape index (κ2) is 7.74. The number of rotatable bonds is 6. The Morgan fingerprint density at radius 1 is 1.27 bits per heavy atom. The van der Waals surface area contributed by atoms with E-state index in [1.807, 2.05) is 0 Å². The Labute approximate surface area is 152 Å². The number of aryl methyl sites for hydroxylation is 1. The molecule has 2 aromatic rings. The number of hydrogen-bond donors (Lipinski definition) is 2. The van der Waals surface area contributed by atoms with E-state index in [2.05, 4.69) is 23.8 Å². The van der Waals surface area contributed by atoms with Crippen molar-refractivity contribution in [2.45, 2.75) is 39.0 Å². The Morgan fingerprint density at radius 3 is 2.42 bits per heavy atom. The van der Waals surface area contributed by atoms with Gasteiger partial charge < -0.3 is 9.52 Å². The molecule has 1 aromatic heterocycles. The molecule has 7 nitrogen and oxygen atoms in total. The lowest BCUT2D eigenvalue weighted by atomic mass is 10.0. The lowest BCUT2D eigenvalue weighted by molar-refractivity contribution is 0.432. The molecular formula is C18H22N2O5S. The molecule has 0 saturated heterocycles. The predicted molar refractivity (Wildman–Crippen MR) is 98.9 cm³/mol. The Balaban J connectivity index is 2.24. The smallest absolute Gasteiger partial charge is 0.348 e. The molecule has 2 rings (SSSR count). The van der Waals surface area contributed by atoms with Crippen molar-refractivity contribution >= 4 is 15.7 Å². The average molecular weight is 378 g/mol. The Hall–Kier alpha value is -2.61. The molecule has 0 saturated carbocycles. The van der Waals surface area contributed by atoms with E-state index in [1.165, 1.54) is 32.0 Å². The zero-order valence-corrected chi connectivity index (χ0v) is 15.9. The number of aromatic hydroxyl groups is 1. The molecule has 1 heterocycles. The Morgan fingerprint density at radius 2 is 1.88 bits per heavy atom. The summed E-state index contributed by atoms with van der Waals surface area (Å²) >= 11 is 0. The quantitative estimate of drug-likeness (QED) is 0.593. The zero-order chi connectivity index (χ0) is 19.5. The standard InChI is InChI=1S/C18H22N2O5S/c1-11(2)9-14-5-7-15(8-6-14)26(23,24)20-19-13(4)17-16(21)10-12(3)25-18(17)22/h5-8,10-11,20-21H,9H2,1-4H3/b19-13+. The summed E-state index contributed by atoms with van der Waals surface area (Å²) < 4.78 is 29.6. The van der Waals surface area contributed by atoms with Crippen molar-refractivity contribution in [1.29, 1.82) is 0 Å². The fourth-order valence-electron chi connectivity index (χ4n) is 2.44. The third-order valence-corrected chi connectivity index (χ3v) is 4.85. The van der Waals surface area contributed by atoms with Crippen LogP contribution in [0.5, 0.6) is 5.75 Å². The molecule has 26 heavy (non-hydrogen) atoms. The number of hydrogen-bond acceptors (Lipinski definition) is 6. The average Bonchev–Trinajstić information content (AvgIpc) is 2.52. The molecule has 0 unspecified atom stereocenters. The molecule has 0 atom stereocenters. The number of nitrogens with one attached hydrogen (secondary N) is 1. The van der Waals surface area contributed by atoms with E-state index in [9.17, 15) is 18.3 Å². The summed E-state index contributed by atoms with van der Waals surface area (Å²) in [6.45, 7) is 7.08. The monoisotopic (exact) mass is 378 g/mol. The fraction of sp³-hybridized carbons (Fsp3) is 0.333. The second-order valence-electron chi connectivity index (χ2n) is 6.44. The molecule has 0 aliphatic heterocycles. The van der Waals surface area contributed by atoms with Crippen LogP contribution >= 0.6 is 0 Å². The van der Waals surface area contributed by atoms with Crippen LogP contribution in [0.4, 0.5) is 0 Å². The van der Waals surface area contributed by atoms with Gasteiger partial charge in [-0.2, -0.15) is 18.4 Å². The van der Waals surface area contributed by atoms with Gasteiger partial charge in [-0.1, -0.05) is 26.0 Å². The van der Waals surface area contributed by atoms with Crippen LogP contribution in [-0.4, -0.2) is 19.2 Å². The maximum absolute atomic E-state index is 12.3. The van der Waals surface area contributed by atoms with Gasteiger partial charge in [-0.05, 0) is 43.9 Å². The van der Waals surface area contributed by atoms with E-state index in [0.717, 1.165) is 12.0 Å². The van der Waals surface area contributed by atoms with Crippen LogP contribution in [-0.2, 0) is 16.4 Å². The van der Waals surface area contributed by atoms with E-state index in [-0.39, 0.29) is 27.7 Å². The van der Waals surface area contributed by atoms with Gasteiger partial charge in [-0.15, -0.1) is 0 Å². The van der Waals surface area contributed by atoms with Crippen molar-refractivity contribution < 1.29 is 17.9 Å². The van der Waals surface area contributed by atoms with E-state index in [0.29, 0.717) is 5.92 Å². The van der Waals surface area contributed by atoms with Gasteiger partial charge in [-0.3, -0.25) is 0 Å². The zero-order valence-electron chi connectivity index (χ0n) is 15.1. The van der Waals surface area contributed by atoms with Gasteiger partial charge in [-0.25, -0.2) is 4.79 Å². The van der Waals surface area contributed by atoms with Crippen molar-refractivity contribution in [3.63, 3.8) is 0 Å². The van der Waals surface area contributed by atoms with Crippen LogP contribution in [0.25, 0.3) is 0 Å². The SMILES string of the molecule is C/C(=N\NS(=O)(=O)c1ccc(CC(C)C)cc1)c1c(O)cc(C)oc1=O. The summed E-state index contributed by atoms with van der Waals surface area (Å²) in [6.07, 6.45) is 0.855. The molecule has 140 valence electrons. The normalized spacial score (nSPS) is 12.4. The summed E-state index contributed by atoms with van der Waals surface area (Å²) in [7, 11) is -3.89. The highest BCUT2D eigenvalue weighted by molar-refractivity contribution is 7.89. The van der Waals surface area contributed by atoms with E-state index in [4.69, 9.17) is 4.42 Å². The van der Waals surface area contributed by atoms with Gasteiger partial charge in [0.15, 0.2) is 0 Å². The van der Waals surface area contributed by atoms with Crippen LogP contribution in [0, 0.1) is 12.8 Å². The molecular weight excluding hydrogens is 356 g/mol. The summed E-state index contributed by atoms with van der Waals surface area (Å²) in [5.41, 5.74) is 0.0589. The summed E-state index contributed by atoms with van der Waals surface area (Å²) in [4.78, 5) is 14.0. The van der Waals surface area contributed by atoms with Crippen molar-refractivity contribution in [3.05, 3.63) is 57.6 Å². The molecule has 0 aliphatic rings. The largest absolute Gasteiger partial charge is 0.507 e. The summed E-state index contributed by atoms with van der Waals surface area (Å²) in [5, 5.41) is 13.6. The third kappa shape index (κ3) is 4.72. The van der Waals surface area contributed by atoms with Gasteiger partial charge in [0, 0.05) is 6.07 Å². The Bertz CT molecular complexity index is 974. The fourth-order valence-corrected chi connectivity index (χ4v) is 3.30. The highest BCUT2D eigenvalue weighted by Gasteiger charge is 2.16.